The van der Waals surface area contributed by atoms with E-state index in [1.54, 1.807) is 11.1 Å². The van der Waals surface area contributed by atoms with Gasteiger partial charge in [0.2, 0.25) is 0 Å². The van der Waals surface area contributed by atoms with Crippen LogP contribution >= 0.6 is 0 Å². The molecule has 26 heavy (non-hydrogen) atoms. The third kappa shape index (κ3) is 5.50. The van der Waals surface area contributed by atoms with Crippen molar-refractivity contribution in [3.63, 3.8) is 0 Å². The first-order valence-electron chi connectivity index (χ1n) is 8.47. The van der Waals surface area contributed by atoms with E-state index in [2.05, 4.69) is 101 Å². The quantitative estimate of drug-likeness (QED) is 0.434. The van der Waals surface area contributed by atoms with Crippen LogP contribution in [0.1, 0.15) is 43.7 Å². The van der Waals surface area contributed by atoms with Gasteiger partial charge in [-0.25, -0.2) is 0 Å². The topological polar surface area (TPSA) is 0 Å². The van der Waals surface area contributed by atoms with Gasteiger partial charge in [-0.3, -0.25) is 0 Å². The van der Waals surface area contributed by atoms with Gasteiger partial charge < -0.3 is 37.2 Å². The summed E-state index contributed by atoms with van der Waals surface area (Å²) < 4.78 is 1.48. The first-order chi connectivity index (χ1) is 11.2. The van der Waals surface area contributed by atoms with Crippen molar-refractivity contribution in [3.8, 4) is 0 Å². The minimum absolute atomic E-state index is 0. The summed E-state index contributed by atoms with van der Waals surface area (Å²) >= 11 is 2.28. The maximum Gasteiger partial charge on any atom is -1.00 e. The number of allylic oxidation sites excluding steroid dienone is 4. The van der Waals surface area contributed by atoms with Crippen LogP contribution in [-0.2, 0) is 20.4 Å². The second-order valence-corrected chi connectivity index (χ2v) is 7.17. The van der Waals surface area contributed by atoms with Crippen LogP contribution < -0.4 is 37.2 Å². The van der Waals surface area contributed by atoms with Crippen molar-refractivity contribution in [2.75, 3.05) is 0 Å². The summed E-state index contributed by atoms with van der Waals surface area (Å²) in [4.78, 5) is 0. The standard InChI is InChI=1S/C22H23.3ClH.Ti/c1-3-17(2)20-15-10-16-21(20)22(18-11-6-4-7-12-18)19-13-8-5-9-14-19;;;;/h4-14,17,22H,3,16H2,1-2H3;3*1H;/q;;;;+3/p-3. The van der Waals surface area contributed by atoms with E-state index in [4.69, 9.17) is 0 Å². The van der Waals surface area contributed by atoms with Crippen LogP contribution in [0.25, 0.3) is 0 Å². The molecule has 2 aromatic carbocycles. The van der Waals surface area contributed by atoms with Crippen molar-refractivity contribution in [2.45, 2.75) is 32.6 Å². The minimum Gasteiger partial charge on any atom is -1.00 e. The van der Waals surface area contributed by atoms with Crippen molar-refractivity contribution >= 4 is 0 Å². The van der Waals surface area contributed by atoms with E-state index in [9.17, 15) is 0 Å². The molecular weight excluding hydrogens is 418 g/mol. The van der Waals surface area contributed by atoms with Gasteiger partial charge in [0.25, 0.3) is 0 Å². The minimum atomic E-state index is 0. The molecule has 4 heteroatoms. The zero-order valence-corrected chi connectivity index (χ0v) is 18.9. The van der Waals surface area contributed by atoms with Gasteiger partial charge in [0.15, 0.2) is 0 Å². The summed E-state index contributed by atoms with van der Waals surface area (Å²) in [5.41, 5.74) is 5.98. The van der Waals surface area contributed by atoms with Gasteiger partial charge in [-0.05, 0) is 0 Å². The summed E-state index contributed by atoms with van der Waals surface area (Å²) in [7, 11) is 0. The molecule has 0 heterocycles. The molecule has 0 aliphatic heterocycles. The molecule has 0 spiro atoms. The Hall–Kier alpha value is -0.496. The van der Waals surface area contributed by atoms with Crippen LogP contribution in [0.3, 0.4) is 0 Å². The SMILES string of the molecule is CCC(C)C1=C(C(c2ccccc2)c2ccccc2)CC=[C]1[Ti+3].[Cl-].[Cl-].[Cl-]. The molecule has 0 fully saturated rings. The van der Waals surface area contributed by atoms with Crippen molar-refractivity contribution in [1.82, 2.24) is 0 Å². The molecule has 1 atom stereocenters. The zero-order chi connectivity index (χ0) is 16.2. The van der Waals surface area contributed by atoms with E-state index >= 15 is 0 Å². The molecule has 3 rings (SSSR count). The van der Waals surface area contributed by atoms with E-state index in [1.165, 1.54) is 21.4 Å². The third-order valence-corrected chi connectivity index (χ3v) is 5.62. The van der Waals surface area contributed by atoms with Crippen molar-refractivity contribution in [2.24, 2.45) is 5.92 Å². The fourth-order valence-corrected chi connectivity index (χ4v) is 4.34. The van der Waals surface area contributed by atoms with Gasteiger partial charge in [0.05, 0.1) is 0 Å². The summed E-state index contributed by atoms with van der Waals surface area (Å²) in [6.07, 6.45) is 4.69. The maximum atomic E-state index is 2.41. The first kappa shape index (κ1) is 25.5. The molecule has 1 aliphatic rings. The van der Waals surface area contributed by atoms with Crippen LogP contribution in [0.15, 0.2) is 81.8 Å². The number of hydrogen-bond acceptors (Lipinski definition) is 0. The molecule has 0 nitrogen and oxygen atoms in total. The van der Waals surface area contributed by atoms with E-state index in [1.807, 2.05) is 0 Å². The van der Waals surface area contributed by atoms with E-state index in [0.29, 0.717) is 11.8 Å². The predicted molar refractivity (Wildman–Crippen MR) is 93.9 cm³/mol. The van der Waals surface area contributed by atoms with Gasteiger partial charge in [-0.1, -0.05) is 0 Å². The molecule has 136 valence electrons. The fraction of sp³-hybridized carbons (Fsp3) is 0.273. The second-order valence-electron chi connectivity index (χ2n) is 6.32. The van der Waals surface area contributed by atoms with Gasteiger partial charge in [0.1, 0.15) is 0 Å². The van der Waals surface area contributed by atoms with Crippen molar-refractivity contribution in [3.05, 3.63) is 92.9 Å². The number of rotatable bonds is 5. The van der Waals surface area contributed by atoms with Crippen molar-refractivity contribution in [1.29, 1.82) is 0 Å². The Morgan fingerprint density at radius 1 is 0.846 bits per heavy atom. The molecular formula is C22H23Cl3Ti. The Balaban J connectivity index is 0.00000208. The normalized spacial score (nSPS) is 14.1. The summed E-state index contributed by atoms with van der Waals surface area (Å²) in [5, 5.41) is 0. The van der Waals surface area contributed by atoms with Gasteiger partial charge in [-0.15, -0.1) is 0 Å². The molecule has 0 saturated heterocycles. The molecule has 0 amide bonds. The molecule has 1 unspecified atom stereocenters. The molecule has 0 N–H and O–H groups in total. The summed E-state index contributed by atoms with van der Waals surface area (Å²) in [5.74, 6) is 0.994. The van der Waals surface area contributed by atoms with Crippen LogP contribution in [0.2, 0.25) is 0 Å². The number of halogens is 3. The fourth-order valence-electron chi connectivity index (χ4n) is 3.55. The van der Waals surface area contributed by atoms with E-state index in [-0.39, 0.29) is 37.2 Å². The predicted octanol–water partition coefficient (Wildman–Crippen LogP) is -2.99. The molecule has 0 radical (unpaired) electrons. The second kappa shape index (κ2) is 12.1. The Morgan fingerprint density at radius 3 is 1.73 bits per heavy atom. The zero-order valence-electron chi connectivity index (χ0n) is 15.1. The summed E-state index contributed by atoms with van der Waals surface area (Å²) in [6.45, 7) is 4.66. The average Bonchev–Trinajstić information content (AvgIpc) is 2.98. The molecule has 1 aliphatic carbocycles. The molecule has 0 saturated carbocycles. The summed E-state index contributed by atoms with van der Waals surface area (Å²) in [6, 6.07) is 21.9. The number of hydrogen-bond donors (Lipinski definition) is 0. The van der Waals surface area contributed by atoms with Gasteiger partial charge in [0, 0.05) is 0 Å². The van der Waals surface area contributed by atoms with Gasteiger partial charge in [-0.2, -0.15) is 0 Å². The Bertz CT molecular complexity index is 684. The largest absolute Gasteiger partial charge is 1.00 e. The average molecular weight is 442 g/mol. The molecule has 0 bridgehead atoms. The Kier molecular flexibility index (Phi) is 11.8. The van der Waals surface area contributed by atoms with Crippen LogP contribution in [-0.4, -0.2) is 0 Å². The van der Waals surface area contributed by atoms with Crippen LogP contribution in [0.5, 0.6) is 0 Å². The van der Waals surface area contributed by atoms with E-state index < -0.39 is 0 Å². The van der Waals surface area contributed by atoms with E-state index in [0.717, 1.165) is 6.42 Å². The first-order valence-corrected chi connectivity index (χ1v) is 9.25. The Morgan fingerprint density at radius 2 is 1.31 bits per heavy atom. The monoisotopic (exact) mass is 440 g/mol. The smallest absolute Gasteiger partial charge is 1.00 e. The van der Waals surface area contributed by atoms with Crippen molar-refractivity contribution < 1.29 is 57.7 Å². The molecule has 2 aromatic rings. The van der Waals surface area contributed by atoms with Gasteiger partial charge >= 0.3 is 152 Å². The third-order valence-electron chi connectivity index (χ3n) is 4.88. The Labute approximate surface area is 188 Å². The van der Waals surface area contributed by atoms with Crippen LogP contribution in [0.4, 0.5) is 0 Å². The number of benzene rings is 2. The van der Waals surface area contributed by atoms with Crippen LogP contribution in [0, 0.1) is 5.92 Å². The molecule has 0 aromatic heterocycles. The maximum absolute atomic E-state index is 2.41.